The summed E-state index contributed by atoms with van der Waals surface area (Å²) in [6.07, 6.45) is 0. The van der Waals surface area contributed by atoms with Crippen LogP contribution in [0.15, 0.2) is 30.3 Å². The van der Waals surface area contributed by atoms with Gasteiger partial charge in [-0.05, 0) is 12.5 Å². The smallest absolute Gasteiger partial charge is 0.325 e. The number of benzene rings is 1. The maximum atomic E-state index is 11.5. The molecule has 0 heterocycles. The van der Waals surface area contributed by atoms with Crippen LogP contribution in [0.1, 0.15) is 19.4 Å². The monoisotopic (exact) mass is 278 g/mol. The van der Waals surface area contributed by atoms with Crippen LogP contribution in [0.4, 0.5) is 0 Å². The SMILES string of the molecule is CC(=O)NC(C)C(=O)NCC(=O)OCc1ccccc1. The molecular formula is C14H18N2O4. The van der Waals surface area contributed by atoms with Gasteiger partial charge in [0.25, 0.3) is 0 Å². The summed E-state index contributed by atoms with van der Waals surface area (Å²) in [5.74, 6) is -1.27. The Labute approximate surface area is 117 Å². The van der Waals surface area contributed by atoms with Crippen molar-refractivity contribution in [3.8, 4) is 0 Å². The fourth-order valence-corrected chi connectivity index (χ4v) is 1.47. The molecule has 0 aliphatic heterocycles. The number of hydrogen-bond donors (Lipinski definition) is 2. The van der Waals surface area contributed by atoms with E-state index in [-0.39, 0.29) is 19.1 Å². The second-order valence-corrected chi connectivity index (χ2v) is 4.29. The van der Waals surface area contributed by atoms with E-state index in [0.29, 0.717) is 0 Å². The summed E-state index contributed by atoms with van der Waals surface area (Å²) >= 11 is 0. The minimum absolute atomic E-state index is 0.163. The lowest BCUT2D eigenvalue weighted by Gasteiger charge is -2.12. The molecule has 0 bridgehead atoms. The summed E-state index contributed by atoms with van der Waals surface area (Å²) in [6, 6.07) is 8.55. The van der Waals surface area contributed by atoms with Crippen molar-refractivity contribution in [1.82, 2.24) is 10.6 Å². The van der Waals surface area contributed by atoms with E-state index in [9.17, 15) is 14.4 Å². The lowest BCUT2D eigenvalue weighted by molar-refractivity contribution is -0.145. The maximum absolute atomic E-state index is 11.5. The third-order valence-electron chi connectivity index (χ3n) is 2.46. The predicted octanol–water partition coefficient (Wildman–Crippen LogP) is 0.371. The van der Waals surface area contributed by atoms with Gasteiger partial charge >= 0.3 is 5.97 Å². The van der Waals surface area contributed by atoms with Crippen LogP contribution in [0.2, 0.25) is 0 Å². The van der Waals surface area contributed by atoms with Gasteiger partial charge in [-0.3, -0.25) is 14.4 Å². The van der Waals surface area contributed by atoms with Crippen LogP contribution in [0, 0.1) is 0 Å². The van der Waals surface area contributed by atoms with Crippen LogP contribution in [-0.4, -0.2) is 30.4 Å². The summed E-state index contributed by atoms with van der Waals surface area (Å²) in [7, 11) is 0. The molecule has 6 nitrogen and oxygen atoms in total. The molecule has 0 radical (unpaired) electrons. The maximum Gasteiger partial charge on any atom is 0.325 e. The van der Waals surface area contributed by atoms with Gasteiger partial charge in [-0.1, -0.05) is 30.3 Å². The van der Waals surface area contributed by atoms with Crippen molar-refractivity contribution in [2.75, 3.05) is 6.54 Å². The van der Waals surface area contributed by atoms with Gasteiger partial charge < -0.3 is 15.4 Å². The molecule has 0 aliphatic carbocycles. The highest BCUT2D eigenvalue weighted by Gasteiger charge is 2.14. The quantitative estimate of drug-likeness (QED) is 0.736. The average molecular weight is 278 g/mol. The van der Waals surface area contributed by atoms with Crippen LogP contribution < -0.4 is 10.6 Å². The number of hydrogen-bond acceptors (Lipinski definition) is 4. The molecular weight excluding hydrogens is 260 g/mol. The molecule has 1 unspecified atom stereocenters. The van der Waals surface area contributed by atoms with Gasteiger partial charge in [-0.25, -0.2) is 0 Å². The van der Waals surface area contributed by atoms with Crippen molar-refractivity contribution in [3.05, 3.63) is 35.9 Å². The van der Waals surface area contributed by atoms with Gasteiger partial charge in [-0.2, -0.15) is 0 Å². The van der Waals surface area contributed by atoms with Crippen molar-refractivity contribution in [1.29, 1.82) is 0 Å². The summed E-state index contributed by atoms with van der Waals surface area (Å²) in [4.78, 5) is 33.7. The molecule has 0 fully saturated rings. The van der Waals surface area contributed by atoms with E-state index >= 15 is 0 Å². The lowest BCUT2D eigenvalue weighted by atomic mass is 10.2. The molecule has 0 spiro atoms. The number of ether oxygens (including phenoxy) is 1. The Hall–Kier alpha value is -2.37. The third kappa shape index (κ3) is 5.99. The number of nitrogens with one attached hydrogen (secondary N) is 2. The molecule has 0 aromatic heterocycles. The Balaban J connectivity index is 2.26. The third-order valence-corrected chi connectivity index (χ3v) is 2.46. The van der Waals surface area contributed by atoms with Crippen LogP contribution >= 0.6 is 0 Å². The second kappa shape index (κ2) is 7.93. The first-order chi connectivity index (χ1) is 9.49. The van der Waals surface area contributed by atoms with Crippen molar-refractivity contribution in [2.45, 2.75) is 26.5 Å². The zero-order chi connectivity index (χ0) is 15.0. The topological polar surface area (TPSA) is 84.5 Å². The summed E-state index contributed by atoms with van der Waals surface area (Å²) in [5, 5.41) is 4.82. The van der Waals surface area contributed by atoms with Crippen molar-refractivity contribution in [3.63, 3.8) is 0 Å². The lowest BCUT2D eigenvalue weighted by Crippen LogP contribution is -2.45. The molecule has 6 heteroatoms. The number of rotatable bonds is 6. The van der Waals surface area contributed by atoms with E-state index in [2.05, 4.69) is 10.6 Å². The molecule has 1 atom stereocenters. The highest BCUT2D eigenvalue weighted by Crippen LogP contribution is 2.00. The molecule has 1 rings (SSSR count). The molecule has 20 heavy (non-hydrogen) atoms. The van der Waals surface area contributed by atoms with Crippen molar-refractivity contribution >= 4 is 17.8 Å². The fraction of sp³-hybridized carbons (Fsp3) is 0.357. The molecule has 0 saturated heterocycles. The Bertz CT molecular complexity index is 473. The van der Waals surface area contributed by atoms with E-state index < -0.39 is 17.9 Å². The Morgan fingerprint density at radius 2 is 1.85 bits per heavy atom. The number of esters is 1. The first-order valence-corrected chi connectivity index (χ1v) is 6.23. The zero-order valence-electron chi connectivity index (χ0n) is 11.5. The highest BCUT2D eigenvalue weighted by atomic mass is 16.5. The average Bonchev–Trinajstić information content (AvgIpc) is 2.42. The van der Waals surface area contributed by atoms with E-state index in [1.54, 1.807) is 0 Å². The Kier molecular flexibility index (Phi) is 6.22. The molecule has 1 aromatic carbocycles. The number of amides is 2. The van der Waals surface area contributed by atoms with Gasteiger partial charge in [0.05, 0.1) is 0 Å². The van der Waals surface area contributed by atoms with Gasteiger partial charge in [0.2, 0.25) is 11.8 Å². The first kappa shape index (κ1) is 15.7. The number of carbonyl (C=O) groups is 3. The standard InChI is InChI=1S/C14H18N2O4/c1-10(16-11(2)17)14(19)15-8-13(18)20-9-12-6-4-3-5-7-12/h3-7,10H,8-9H2,1-2H3,(H,15,19)(H,16,17). The van der Waals surface area contributed by atoms with E-state index in [1.165, 1.54) is 13.8 Å². The fourth-order valence-electron chi connectivity index (χ4n) is 1.47. The van der Waals surface area contributed by atoms with Crippen LogP contribution in [0.3, 0.4) is 0 Å². The van der Waals surface area contributed by atoms with Gasteiger partial charge in [0.1, 0.15) is 19.2 Å². The van der Waals surface area contributed by atoms with E-state index in [4.69, 9.17) is 4.74 Å². The van der Waals surface area contributed by atoms with Crippen molar-refractivity contribution in [2.24, 2.45) is 0 Å². The minimum atomic E-state index is -0.686. The molecule has 2 amide bonds. The molecule has 108 valence electrons. The van der Waals surface area contributed by atoms with E-state index in [0.717, 1.165) is 5.56 Å². The Morgan fingerprint density at radius 1 is 1.20 bits per heavy atom. The largest absolute Gasteiger partial charge is 0.460 e. The van der Waals surface area contributed by atoms with Gasteiger partial charge in [-0.15, -0.1) is 0 Å². The summed E-state index contributed by atoms with van der Waals surface area (Å²) < 4.78 is 5.00. The highest BCUT2D eigenvalue weighted by molar-refractivity contribution is 5.88. The van der Waals surface area contributed by atoms with Crippen LogP contribution in [0.5, 0.6) is 0 Å². The molecule has 1 aromatic rings. The minimum Gasteiger partial charge on any atom is -0.460 e. The van der Waals surface area contributed by atoms with Crippen molar-refractivity contribution < 1.29 is 19.1 Å². The summed E-state index contributed by atoms with van der Waals surface area (Å²) in [5.41, 5.74) is 0.874. The molecule has 2 N–H and O–H groups in total. The normalized spacial score (nSPS) is 11.3. The second-order valence-electron chi connectivity index (χ2n) is 4.29. The first-order valence-electron chi connectivity index (χ1n) is 6.23. The van der Waals surface area contributed by atoms with Crippen LogP contribution in [0.25, 0.3) is 0 Å². The zero-order valence-corrected chi connectivity index (χ0v) is 11.5. The molecule has 0 saturated carbocycles. The van der Waals surface area contributed by atoms with Crippen LogP contribution in [-0.2, 0) is 25.7 Å². The summed E-state index contributed by atoms with van der Waals surface area (Å²) in [6.45, 7) is 2.79. The molecule has 0 aliphatic rings. The van der Waals surface area contributed by atoms with Gasteiger partial charge in [0.15, 0.2) is 0 Å². The Morgan fingerprint density at radius 3 is 2.45 bits per heavy atom. The van der Waals surface area contributed by atoms with E-state index in [1.807, 2.05) is 30.3 Å². The number of carbonyl (C=O) groups excluding carboxylic acids is 3. The predicted molar refractivity (Wildman–Crippen MR) is 72.5 cm³/mol. The van der Waals surface area contributed by atoms with Gasteiger partial charge in [0, 0.05) is 6.92 Å².